The van der Waals surface area contributed by atoms with Crippen LogP contribution in [0.25, 0.3) is 0 Å². The predicted molar refractivity (Wildman–Crippen MR) is 84.9 cm³/mol. The van der Waals surface area contributed by atoms with Crippen LogP contribution >= 0.6 is 0 Å². The number of aliphatic carboxylic acids is 1. The second-order valence-corrected chi connectivity index (χ2v) is 7.24. The lowest BCUT2D eigenvalue weighted by atomic mass is 9.99. The Bertz CT molecular complexity index is 696. The van der Waals surface area contributed by atoms with E-state index in [2.05, 4.69) is 0 Å². The van der Waals surface area contributed by atoms with Gasteiger partial charge in [-0.2, -0.15) is 4.31 Å². The SMILES string of the molecule is COCC1(C(=O)O)CCCN1S(=O)(=O)c1c(OC)cccc1OC. The van der Waals surface area contributed by atoms with Crippen molar-refractivity contribution in [3.63, 3.8) is 0 Å². The van der Waals surface area contributed by atoms with E-state index in [9.17, 15) is 18.3 Å². The summed E-state index contributed by atoms with van der Waals surface area (Å²) in [5.41, 5.74) is -1.64. The molecule has 0 amide bonds. The number of ether oxygens (including phenoxy) is 3. The van der Waals surface area contributed by atoms with Gasteiger partial charge in [0.2, 0.25) is 0 Å². The Morgan fingerprint density at radius 1 is 1.25 bits per heavy atom. The van der Waals surface area contributed by atoms with E-state index in [1.54, 1.807) is 6.07 Å². The van der Waals surface area contributed by atoms with Gasteiger partial charge in [0.1, 0.15) is 11.5 Å². The van der Waals surface area contributed by atoms with E-state index in [1.807, 2.05) is 0 Å². The minimum atomic E-state index is -4.18. The second kappa shape index (κ2) is 6.96. The molecular weight excluding hydrogens is 338 g/mol. The summed E-state index contributed by atoms with van der Waals surface area (Å²) < 4.78 is 42.8. The fourth-order valence-corrected chi connectivity index (χ4v) is 5.13. The summed E-state index contributed by atoms with van der Waals surface area (Å²) in [4.78, 5) is 11.7. The zero-order valence-corrected chi connectivity index (χ0v) is 14.6. The topological polar surface area (TPSA) is 102 Å². The first-order valence-corrected chi connectivity index (χ1v) is 8.75. The highest BCUT2D eigenvalue weighted by atomic mass is 32.2. The first-order valence-electron chi connectivity index (χ1n) is 7.31. The van der Waals surface area contributed by atoms with Gasteiger partial charge in [0.05, 0.1) is 20.8 Å². The molecule has 0 aliphatic carbocycles. The number of benzene rings is 1. The minimum absolute atomic E-state index is 0.0825. The highest BCUT2D eigenvalue weighted by molar-refractivity contribution is 7.89. The molecule has 0 radical (unpaired) electrons. The Kier molecular flexibility index (Phi) is 5.36. The number of carbonyl (C=O) groups is 1. The summed E-state index contributed by atoms with van der Waals surface area (Å²) in [6.07, 6.45) is 0.596. The van der Waals surface area contributed by atoms with Gasteiger partial charge in [-0.25, -0.2) is 8.42 Å². The standard InChI is InChI=1S/C15H21NO7S/c1-21-10-15(14(17)18)8-5-9-16(15)24(19,20)13-11(22-2)6-4-7-12(13)23-3/h4,6-7H,5,8-10H2,1-3H3,(H,17,18). The third-order valence-corrected chi connectivity index (χ3v) is 6.17. The molecule has 2 rings (SSSR count). The summed E-state index contributed by atoms with van der Waals surface area (Å²) in [7, 11) is -0.143. The van der Waals surface area contributed by atoms with Crippen molar-refractivity contribution in [3.05, 3.63) is 18.2 Å². The molecule has 134 valence electrons. The van der Waals surface area contributed by atoms with Crippen molar-refractivity contribution < 1.29 is 32.5 Å². The number of carboxylic acid groups (broad SMARTS) is 1. The van der Waals surface area contributed by atoms with E-state index in [1.165, 1.54) is 33.5 Å². The van der Waals surface area contributed by atoms with Gasteiger partial charge in [0.15, 0.2) is 10.4 Å². The van der Waals surface area contributed by atoms with E-state index in [0.29, 0.717) is 6.42 Å². The van der Waals surface area contributed by atoms with E-state index >= 15 is 0 Å². The minimum Gasteiger partial charge on any atom is -0.495 e. The van der Waals surface area contributed by atoms with Gasteiger partial charge in [-0.15, -0.1) is 0 Å². The van der Waals surface area contributed by atoms with E-state index in [0.717, 1.165) is 4.31 Å². The first-order chi connectivity index (χ1) is 11.3. The Morgan fingerprint density at radius 3 is 2.29 bits per heavy atom. The molecule has 1 heterocycles. The number of methoxy groups -OCH3 is 3. The summed E-state index contributed by atoms with van der Waals surface area (Å²) in [5, 5.41) is 9.68. The third-order valence-electron chi connectivity index (χ3n) is 4.14. The number of carboxylic acids is 1. The molecule has 24 heavy (non-hydrogen) atoms. The molecule has 1 unspecified atom stereocenters. The molecule has 1 aliphatic heterocycles. The van der Waals surface area contributed by atoms with Crippen LogP contribution in [0.4, 0.5) is 0 Å². The van der Waals surface area contributed by atoms with Gasteiger partial charge in [0, 0.05) is 13.7 Å². The fraction of sp³-hybridized carbons (Fsp3) is 0.533. The Morgan fingerprint density at radius 2 is 1.83 bits per heavy atom. The number of sulfonamides is 1. The molecule has 9 heteroatoms. The summed E-state index contributed by atoms with van der Waals surface area (Å²) >= 11 is 0. The Balaban J connectivity index is 2.64. The number of rotatable bonds is 7. The van der Waals surface area contributed by atoms with Crippen LogP contribution in [0.1, 0.15) is 12.8 Å². The molecule has 8 nitrogen and oxygen atoms in total. The van der Waals surface area contributed by atoms with Crippen molar-refractivity contribution in [1.82, 2.24) is 4.31 Å². The molecule has 1 aliphatic rings. The van der Waals surface area contributed by atoms with Crippen molar-refractivity contribution in [2.75, 3.05) is 34.5 Å². The average molecular weight is 359 g/mol. The fourth-order valence-electron chi connectivity index (χ4n) is 3.04. The number of hydrogen-bond acceptors (Lipinski definition) is 6. The third kappa shape index (κ3) is 2.83. The van der Waals surface area contributed by atoms with Crippen molar-refractivity contribution in [3.8, 4) is 11.5 Å². The summed E-state index contributed by atoms with van der Waals surface area (Å²) in [5.74, 6) is -1.05. The van der Waals surface area contributed by atoms with Crippen LogP contribution < -0.4 is 9.47 Å². The zero-order chi connectivity index (χ0) is 18.0. The quantitative estimate of drug-likeness (QED) is 0.773. The van der Waals surface area contributed by atoms with Crippen LogP contribution in [-0.4, -0.2) is 63.8 Å². The second-order valence-electron chi connectivity index (χ2n) is 5.44. The number of hydrogen-bond donors (Lipinski definition) is 1. The first kappa shape index (κ1) is 18.5. The molecule has 0 saturated carbocycles. The van der Waals surface area contributed by atoms with Crippen LogP contribution in [0.5, 0.6) is 11.5 Å². The summed E-state index contributed by atoms with van der Waals surface area (Å²) in [6.45, 7) is -0.155. The largest absolute Gasteiger partial charge is 0.495 e. The van der Waals surface area contributed by atoms with Crippen LogP contribution in [0.2, 0.25) is 0 Å². The maximum Gasteiger partial charge on any atom is 0.327 e. The highest BCUT2D eigenvalue weighted by Crippen LogP contribution is 2.41. The predicted octanol–water partition coefficient (Wildman–Crippen LogP) is 0.958. The lowest BCUT2D eigenvalue weighted by molar-refractivity contribution is -0.150. The van der Waals surface area contributed by atoms with Crippen LogP contribution in [0.3, 0.4) is 0 Å². The lowest BCUT2D eigenvalue weighted by Gasteiger charge is -2.33. The Labute approximate surface area is 141 Å². The number of nitrogens with zero attached hydrogens (tertiary/aromatic N) is 1. The van der Waals surface area contributed by atoms with Crippen LogP contribution in [-0.2, 0) is 19.6 Å². The molecular formula is C15H21NO7S. The summed E-state index contributed by atoms with van der Waals surface area (Å²) in [6, 6.07) is 4.58. The van der Waals surface area contributed by atoms with Gasteiger partial charge >= 0.3 is 5.97 Å². The zero-order valence-electron chi connectivity index (χ0n) is 13.8. The monoisotopic (exact) mass is 359 g/mol. The smallest absolute Gasteiger partial charge is 0.327 e. The maximum absolute atomic E-state index is 13.2. The van der Waals surface area contributed by atoms with Gasteiger partial charge in [-0.05, 0) is 25.0 Å². The van der Waals surface area contributed by atoms with Crippen molar-refractivity contribution in [2.45, 2.75) is 23.3 Å². The van der Waals surface area contributed by atoms with Crippen LogP contribution in [0, 0.1) is 0 Å². The van der Waals surface area contributed by atoms with Gasteiger partial charge in [-0.1, -0.05) is 6.07 Å². The van der Waals surface area contributed by atoms with Crippen molar-refractivity contribution in [1.29, 1.82) is 0 Å². The van der Waals surface area contributed by atoms with Gasteiger partial charge in [0.25, 0.3) is 10.0 Å². The molecule has 1 atom stereocenters. The van der Waals surface area contributed by atoms with Crippen molar-refractivity contribution in [2.24, 2.45) is 0 Å². The normalized spacial score (nSPS) is 21.6. The molecule has 1 aromatic carbocycles. The molecule has 0 aromatic heterocycles. The van der Waals surface area contributed by atoms with Crippen molar-refractivity contribution >= 4 is 16.0 Å². The average Bonchev–Trinajstić information content (AvgIpc) is 3.00. The highest BCUT2D eigenvalue weighted by Gasteiger charge is 2.54. The molecule has 1 saturated heterocycles. The van der Waals surface area contributed by atoms with E-state index in [4.69, 9.17) is 14.2 Å². The molecule has 0 spiro atoms. The van der Waals surface area contributed by atoms with Gasteiger partial charge in [-0.3, -0.25) is 4.79 Å². The lowest BCUT2D eigenvalue weighted by Crippen LogP contribution is -2.56. The molecule has 1 aromatic rings. The van der Waals surface area contributed by atoms with E-state index < -0.39 is 21.5 Å². The Hall–Kier alpha value is -1.84. The maximum atomic E-state index is 13.2. The van der Waals surface area contributed by atoms with E-state index in [-0.39, 0.29) is 36.0 Å². The molecule has 1 fully saturated rings. The van der Waals surface area contributed by atoms with Crippen LogP contribution in [0.15, 0.2) is 23.1 Å². The molecule has 1 N–H and O–H groups in total. The van der Waals surface area contributed by atoms with Gasteiger partial charge < -0.3 is 19.3 Å². The molecule has 0 bridgehead atoms.